The first kappa shape index (κ1) is 31.2. The molecule has 3 N–H and O–H groups in total. The number of rotatable bonds is 7. The smallest absolute Gasteiger partial charge is 0.412 e. The molecule has 1 unspecified atom stereocenters. The molecule has 0 aliphatic carbocycles. The molecule has 47 heavy (non-hydrogen) atoms. The maximum Gasteiger partial charge on any atom is 0.412 e. The molecule has 6 rings (SSSR count). The van der Waals surface area contributed by atoms with E-state index in [2.05, 4.69) is 16.0 Å². The van der Waals surface area contributed by atoms with Crippen LogP contribution in [0.15, 0.2) is 91.0 Å². The quantitative estimate of drug-likeness (QED) is 0.148. The van der Waals surface area contributed by atoms with Crippen LogP contribution in [0.1, 0.15) is 59.8 Å². The van der Waals surface area contributed by atoms with Crippen molar-refractivity contribution in [2.45, 2.75) is 45.0 Å². The Hall–Kier alpha value is -5.84. The van der Waals surface area contributed by atoms with Crippen LogP contribution in [0, 0.1) is 0 Å². The lowest BCUT2D eigenvalue weighted by Gasteiger charge is -2.36. The molecule has 3 amide bonds. The third-order valence-electron chi connectivity index (χ3n) is 7.47. The van der Waals surface area contributed by atoms with Crippen LogP contribution in [-0.4, -0.2) is 36.2 Å². The predicted octanol–water partition coefficient (Wildman–Crippen LogP) is 6.86. The number of anilines is 2. The summed E-state index contributed by atoms with van der Waals surface area (Å²) >= 11 is 0. The highest BCUT2D eigenvalue weighted by atomic mass is 16.6. The molecule has 0 aromatic heterocycles. The molecule has 11 heteroatoms. The number of hydrogen-bond acceptors (Lipinski definition) is 8. The minimum atomic E-state index is -1.33. The van der Waals surface area contributed by atoms with Crippen molar-refractivity contribution in [1.29, 1.82) is 0 Å². The standard InChI is InChI=1S/C36H33N3O8/c1-35(2,3)47-34(43)39-24-14-16-28-30(20-24)45-29-19-23(13-15-27(29)36(28)26-12-8-7-11-25(26)32(41)46-36)38-33(42)37-18-17-31(40)44-21-22-9-5-4-6-10-22/h4-16,19-20H,17-18,21H2,1-3H3,(H,39,43)(H2,37,38,42). The van der Waals surface area contributed by atoms with E-state index in [-0.39, 0.29) is 19.6 Å². The van der Waals surface area contributed by atoms with E-state index in [0.717, 1.165) is 5.56 Å². The van der Waals surface area contributed by atoms with Crippen LogP contribution >= 0.6 is 0 Å². The summed E-state index contributed by atoms with van der Waals surface area (Å²) in [6.45, 7) is 5.52. The van der Waals surface area contributed by atoms with Crippen LogP contribution < -0.4 is 20.7 Å². The molecule has 0 fully saturated rings. The largest absolute Gasteiger partial charge is 0.461 e. The summed E-state index contributed by atoms with van der Waals surface area (Å²) in [5.41, 5.74) is 1.84. The Labute approximate surface area is 271 Å². The van der Waals surface area contributed by atoms with E-state index in [9.17, 15) is 19.2 Å². The zero-order valence-corrected chi connectivity index (χ0v) is 26.0. The summed E-state index contributed by atoms with van der Waals surface area (Å²) in [5.74, 6) is -0.253. The van der Waals surface area contributed by atoms with Crippen molar-refractivity contribution < 1.29 is 38.1 Å². The molecule has 0 saturated carbocycles. The number of hydrogen-bond donors (Lipinski definition) is 3. The van der Waals surface area contributed by atoms with E-state index in [1.165, 1.54) is 0 Å². The van der Waals surface area contributed by atoms with Crippen LogP contribution in [0.25, 0.3) is 0 Å². The summed E-state index contributed by atoms with van der Waals surface area (Å²) < 4.78 is 23.1. The van der Waals surface area contributed by atoms with Gasteiger partial charge in [0.15, 0.2) is 5.60 Å². The molecule has 1 spiro atoms. The first-order valence-corrected chi connectivity index (χ1v) is 15.1. The van der Waals surface area contributed by atoms with E-state index in [1.807, 2.05) is 42.5 Å². The van der Waals surface area contributed by atoms with Crippen LogP contribution in [-0.2, 0) is 31.2 Å². The average molecular weight is 636 g/mol. The van der Waals surface area contributed by atoms with Crippen LogP contribution in [0.5, 0.6) is 11.5 Å². The van der Waals surface area contributed by atoms with Crippen LogP contribution in [0.4, 0.5) is 21.0 Å². The van der Waals surface area contributed by atoms with Crippen molar-refractivity contribution in [1.82, 2.24) is 5.32 Å². The van der Waals surface area contributed by atoms with E-state index in [4.69, 9.17) is 18.9 Å². The van der Waals surface area contributed by atoms with E-state index in [1.54, 1.807) is 69.3 Å². The monoisotopic (exact) mass is 635 g/mol. The van der Waals surface area contributed by atoms with E-state index in [0.29, 0.717) is 45.1 Å². The number of benzene rings is 4. The minimum absolute atomic E-state index is 0.00268. The average Bonchev–Trinajstić information content (AvgIpc) is 3.32. The first-order valence-electron chi connectivity index (χ1n) is 15.1. The maximum atomic E-state index is 13.1. The summed E-state index contributed by atoms with van der Waals surface area (Å²) in [6, 6.07) is 26.0. The van der Waals surface area contributed by atoms with Gasteiger partial charge in [0.2, 0.25) is 0 Å². The van der Waals surface area contributed by atoms with Crippen molar-refractivity contribution in [3.63, 3.8) is 0 Å². The van der Waals surface area contributed by atoms with Gasteiger partial charge in [0.1, 0.15) is 23.7 Å². The van der Waals surface area contributed by atoms with Crippen LogP contribution in [0.2, 0.25) is 0 Å². The Morgan fingerprint density at radius 3 is 2.11 bits per heavy atom. The van der Waals surface area contributed by atoms with Gasteiger partial charge in [-0.3, -0.25) is 10.1 Å². The molecule has 2 aliphatic heterocycles. The lowest BCUT2D eigenvalue weighted by atomic mass is 9.77. The van der Waals surface area contributed by atoms with Gasteiger partial charge in [-0.1, -0.05) is 48.5 Å². The zero-order valence-electron chi connectivity index (χ0n) is 26.0. The Kier molecular flexibility index (Phi) is 8.29. The fourth-order valence-corrected chi connectivity index (χ4v) is 5.52. The van der Waals surface area contributed by atoms with Gasteiger partial charge in [0.25, 0.3) is 0 Å². The van der Waals surface area contributed by atoms with E-state index < -0.39 is 35.3 Å². The third-order valence-corrected chi connectivity index (χ3v) is 7.47. The molecule has 4 aromatic carbocycles. The number of ether oxygens (including phenoxy) is 4. The molecule has 2 heterocycles. The second-order valence-corrected chi connectivity index (χ2v) is 12.0. The number of carbonyl (C=O) groups excluding carboxylic acids is 4. The fraction of sp³-hybridized carbons (Fsp3) is 0.222. The molecule has 0 radical (unpaired) electrons. The third kappa shape index (κ3) is 6.60. The number of fused-ring (bicyclic) bond motifs is 6. The number of esters is 2. The molecule has 2 aliphatic rings. The minimum Gasteiger partial charge on any atom is -0.461 e. The van der Waals surface area contributed by atoms with Gasteiger partial charge in [-0.15, -0.1) is 0 Å². The second-order valence-electron chi connectivity index (χ2n) is 12.0. The van der Waals surface area contributed by atoms with Gasteiger partial charge in [-0.05, 0) is 56.7 Å². The molecule has 240 valence electrons. The highest BCUT2D eigenvalue weighted by Crippen LogP contribution is 2.56. The van der Waals surface area contributed by atoms with Crippen LogP contribution in [0.3, 0.4) is 0 Å². The Bertz CT molecular complexity index is 1870. The summed E-state index contributed by atoms with van der Waals surface area (Å²) in [4.78, 5) is 50.5. The number of carbonyl (C=O) groups is 4. The van der Waals surface area contributed by atoms with Crippen molar-refractivity contribution in [2.24, 2.45) is 0 Å². The Morgan fingerprint density at radius 2 is 1.43 bits per heavy atom. The molecule has 4 aromatic rings. The fourth-order valence-electron chi connectivity index (χ4n) is 5.52. The van der Waals surface area contributed by atoms with Gasteiger partial charge < -0.3 is 29.6 Å². The summed E-state index contributed by atoms with van der Waals surface area (Å²) in [6.07, 6.45) is -0.639. The number of urea groups is 1. The number of amides is 3. The lowest BCUT2D eigenvalue weighted by Crippen LogP contribution is -2.33. The molecule has 0 bridgehead atoms. The molecular weight excluding hydrogens is 602 g/mol. The van der Waals surface area contributed by atoms with Gasteiger partial charge >= 0.3 is 24.1 Å². The van der Waals surface area contributed by atoms with Crippen molar-refractivity contribution in [3.8, 4) is 11.5 Å². The lowest BCUT2D eigenvalue weighted by molar-refractivity contribution is -0.144. The first-order chi connectivity index (χ1) is 22.5. The predicted molar refractivity (Wildman–Crippen MR) is 172 cm³/mol. The van der Waals surface area contributed by atoms with Crippen molar-refractivity contribution >= 4 is 35.4 Å². The van der Waals surface area contributed by atoms with Gasteiger partial charge in [-0.2, -0.15) is 0 Å². The Morgan fingerprint density at radius 1 is 0.787 bits per heavy atom. The van der Waals surface area contributed by atoms with Gasteiger partial charge in [0.05, 0.1) is 12.0 Å². The zero-order chi connectivity index (χ0) is 33.2. The van der Waals surface area contributed by atoms with E-state index >= 15 is 0 Å². The highest BCUT2D eigenvalue weighted by Gasteiger charge is 2.53. The van der Waals surface area contributed by atoms with Crippen molar-refractivity contribution in [3.05, 3.63) is 119 Å². The molecule has 1 atom stereocenters. The molecule has 0 saturated heterocycles. The second kappa shape index (κ2) is 12.5. The summed E-state index contributed by atoms with van der Waals surface area (Å²) in [5, 5.41) is 8.12. The normalized spacial score (nSPS) is 15.7. The topological polar surface area (TPSA) is 141 Å². The summed E-state index contributed by atoms with van der Waals surface area (Å²) in [7, 11) is 0. The SMILES string of the molecule is CC(C)(C)OC(=O)Nc1ccc2c(c1)Oc1cc(NC(=O)NCCC(=O)OCc3ccccc3)ccc1C21OC(=O)c2ccccc21. The molecular formula is C36H33N3O8. The Balaban J connectivity index is 1.21. The van der Waals surface area contributed by atoms with Crippen molar-refractivity contribution in [2.75, 3.05) is 17.2 Å². The van der Waals surface area contributed by atoms with Gasteiger partial charge in [0, 0.05) is 46.7 Å². The number of nitrogens with one attached hydrogen (secondary N) is 3. The molecule has 11 nitrogen and oxygen atoms in total. The maximum absolute atomic E-state index is 13.1. The highest BCUT2D eigenvalue weighted by molar-refractivity contribution is 5.97. The van der Waals surface area contributed by atoms with Gasteiger partial charge in [-0.25, -0.2) is 14.4 Å².